The van der Waals surface area contributed by atoms with Crippen molar-refractivity contribution in [2.24, 2.45) is 11.8 Å². The highest BCUT2D eigenvalue weighted by molar-refractivity contribution is 5.72. The molecule has 0 aliphatic rings. The van der Waals surface area contributed by atoms with Crippen LogP contribution in [0, 0.1) is 11.8 Å². The van der Waals surface area contributed by atoms with Gasteiger partial charge in [-0.3, -0.25) is 14.4 Å². The molecule has 7 nitrogen and oxygen atoms in total. The highest BCUT2D eigenvalue weighted by atomic mass is 19.4. The molecule has 0 bridgehead atoms. The average molecular weight is 1080 g/mol. The summed E-state index contributed by atoms with van der Waals surface area (Å²) in [5, 5.41) is 10.8. The first-order chi connectivity index (χ1) is 31.3. The van der Waals surface area contributed by atoms with Gasteiger partial charge in [0.2, 0.25) is 0 Å². The molecule has 416 valence electrons. The Bertz CT molecular complexity index is 1900. The molecule has 0 aliphatic carbocycles. The maximum absolute atomic E-state index is 14.2. The second-order valence-electron chi connectivity index (χ2n) is 18.5. The molecule has 0 amide bonds. The Morgan fingerprint density at radius 2 is 0.761 bits per heavy atom. The molecule has 0 spiro atoms. The SMILES string of the molecule is CCC(C)C(=O)OCCC(F)(F)C(F)(F)C(F)(F)C(F)(F)C(F)(F)C(F)(F)F.CCC(C)C(=O)OCCC(F)(F)C(F)(F)C(F)(F)C(F)(F)CCOC(=O)CCc1cc(C(C)(C)C)c(O)c(C(C)(C)C)c1. The number of rotatable bonds is 23. The van der Waals surface area contributed by atoms with E-state index in [-0.39, 0.29) is 25.0 Å². The van der Waals surface area contributed by atoms with Gasteiger partial charge in [-0.05, 0) is 46.8 Å². The van der Waals surface area contributed by atoms with E-state index in [1.54, 1.807) is 19.1 Å². The summed E-state index contributed by atoms with van der Waals surface area (Å²) in [6.45, 7) is 12.2. The van der Waals surface area contributed by atoms with Crippen molar-refractivity contribution >= 4 is 17.9 Å². The maximum Gasteiger partial charge on any atom is 0.460 e. The quantitative estimate of drug-likeness (QED) is 0.0662. The molecular weight excluding hydrogens is 1030 g/mol. The molecule has 28 heteroatoms. The number of halogens is 21. The topological polar surface area (TPSA) is 99.1 Å². The van der Waals surface area contributed by atoms with Gasteiger partial charge in [-0.1, -0.05) is 81.4 Å². The number of phenols is 1. The lowest BCUT2D eigenvalue weighted by Crippen LogP contribution is -2.70. The summed E-state index contributed by atoms with van der Waals surface area (Å²) in [6, 6.07) is 3.33. The molecule has 1 rings (SSSR count). The van der Waals surface area contributed by atoms with Gasteiger partial charge in [0.25, 0.3) is 0 Å². The van der Waals surface area contributed by atoms with Gasteiger partial charge in [0.05, 0.1) is 50.9 Å². The Kier molecular flexibility index (Phi) is 21.7. The van der Waals surface area contributed by atoms with Crippen molar-refractivity contribution < 1.29 is 126 Å². The number of hydrogen-bond donors (Lipinski definition) is 1. The van der Waals surface area contributed by atoms with Gasteiger partial charge in [-0.15, -0.1) is 0 Å². The molecule has 1 aromatic carbocycles. The lowest BCUT2D eigenvalue weighted by atomic mass is 9.78. The van der Waals surface area contributed by atoms with Gasteiger partial charge in [0.1, 0.15) is 5.75 Å². The van der Waals surface area contributed by atoms with Crippen molar-refractivity contribution in [3.8, 4) is 5.75 Å². The minimum Gasteiger partial charge on any atom is -0.507 e. The van der Waals surface area contributed by atoms with Gasteiger partial charge in [0, 0.05) is 6.42 Å². The predicted molar refractivity (Wildman–Crippen MR) is 210 cm³/mol. The standard InChI is InChI=1S/C30H42F8O5.C13H13F13O2/c1-9-18(2)24(41)43-15-13-28(33,34)30(37,38)29(35,36)27(31,32)12-14-42-22(39)11-10-19-16-20(25(3,4)5)23(40)21(17-19)26(6,7)8;1-3-6(2)7(27)28-5-4-8(14,15)9(16,17)10(18,19)11(20,21)12(22,23)13(24,25)26/h16-18,40H,9-15H2,1-8H3;6H,3-5H2,1-2H3. The number of aromatic hydroxyl groups is 1. The van der Waals surface area contributed by atoms with E-state index >= 15 is 0 Å². The van der Waals surface area contributed by atoms with Gasteiger partial charge in [-0.2, -0.15) is 92.2 Å². The van der Waals surface area contributed by atoms with Crippen LogP contribution in [0.15, 0.2) is 12.1 Å². The van der Waals surface area contributed by atoms with Crippen LogP contribution in [0.4, 0.5) is 92.2 Å². The number of aryl methyl sites for hydroxylation is 1. The fourth-order valence-electron chi connectivity index (χ4n) is 5.50. The van der Waals surface area contributed by atoms with Gasteiger partial charge < -0.3 is 19.3 Å². The van der Waals surface area contributed by atoms with E-state index in [1.165, 1.54) is 20.8 Å². The third-order valence-electron chi connectivity index (χ3n) is 10.7. The number of benzene rings is 1. The number of alkyl halides is 21. The lowest BCUT2D eigenvalue weighted by Gasteiger charge is -2.39. The molecule has 0 fully saturated rings. The Balaban J connectivity index is 0.00000151. The van der Waals surface area contributed by atoms with E-state index < -0.39 is 146 Å². The molecule has 0 radical (unpaired) electrons. The number of hydrogen-bond acceptors (Lipinski definition) is 7. The molecule has 0 aromatic heterocycles. The van der Waals surface area contributed by atoms with Gasteiger partial charge in [0.15, 0.2) is 0 Å². The van der Waals surface area contributed by atoms with E-state index in [4.69, 9.17) is 0 Å². The zero-order valence-corrected chi connectivity index (χ0v) is 39.7. The Morgan fingerprint density at radius 3 is 1.04 bits per heavy atom. The number of esters is 3. The van der Waals surface area contributed by atoms with Crippen molar-refractivity contribution in [1.82, 2.24) is 0 Å². The van der Waals surface area contributed by atoms with Crippen molar-refractivity contribution in [2.45, 2.75) is 184 Å². The lowest BCUT2D eigenvalue weighted by molar-refractivity contribution is -0.440. The summed E-state index contributed by atoms with van der Waals surface area (Å²) in [4.78, 5) is 34.8. The normalized spacial score (nSPS) is 15.1. The zero-order valence-electron chi connectivity index (χ0n) is 39.7. The van der Waals surface area contributed by atoms with Crippen LogP contribution in [0.3, 0.4) is 0 Å². The number of ether oxygens (including phenoxy) is 3. The summed E-state index contributed by atoms with van der Waals surface area (Å²) >= 11 is 0. The summed E-state index contributed by atoms with van der Waals surface area (Å²) in [7, 11) is 0. The first kappa shape index (κ1) is 67.0. The number of carbonyl (C=O) groups is 3. The van der Waals surface area contributed by atoms with Crippen molar-refractivity contribution in [3.63, 3.8) is 0 Å². The third kappa shape index (κ3) is 15.0. The fraction of sp³-hybridized carbons (Fsp3) is 0.791. The molecule has 2 atom stereocenters. The fourth-order valence-corrected chi connectivity index (χ4v) is 5.50. The molecule has 1 N–H and O–H groups in total. The second kappa shape index (κ2) is 23.0. The van der Waals surface area contributed by atoms with Gasteiger partial charge >= 0.3 is 77.4 Å². The molecule has 0 saturated heterocycles. The molecule has 0 aliphatic heterocycles. The molecule has 71 heavy (non-hydrogen) atoms. The molecule has 0 saturated carbocycles. The van der Waals surface area contributed by atoms with Crippen molar-refractivity contribution in [2.75, 3.05) is 19.8 Å². The van der Waals surface area contributed by atoms with E-state index in [0.29, 0.717) is 16.7 Å². The Labute approximate surface area is 394 Å². The first-order valence-corrected chi connectivity index (χ1v) is 21.2. The third-order valence-corrected chi connectivity index (χ3v) is 10.7. The van der Waals surface area contributed by atoms with Crippen LogP contribution in [-0.2, 0) is 45.8 Å². The largest absolute Gasteiger partial charge is 0.507 e. The van der Waals surface area contributed by atoms with Crippen molar-refractivity contribution in [3.05, 3.63) is 28.8 Å². The highest BCUT2D eigenvalue weighted by Crippen LogP contribution is 2.61. The van der Waals surface area contributed by atoms with Crippen LogP contribution in [0.5, 0.6) is 5.75 Å². The van der Waals surface area contributed by atoms with E-state index in [9.17, 15) is 112 Å². The van der Waals surface area contributed by atoms with Crippen LogP contribution in [0.1, 0.15) is 124 Å². The monoisotopic (exact) mass is 1080 g/mol. The van der Waals surface area contributed by atoms with Gasteiger partial charge in [-0.25, -0.2) is 0 Å². The van der Waals surface area contributed by atoms with E-state index in [2.05, 4.69) is 14.2 Å². The smallest absolute Gasteiger partial charge is 0.460 e. The highest BCUT2D eigenvalue weighted by Gasteiger charge is 2.90. The Morgan fingerprint density at radius 1 is 0.479 bits per heavy atom. The molecular formula is C43H55F21O7. The minimum absolute atomic E-state index is 0.0176. The second-order valence-corrected chi connectivity index (χ2v) is 18.5. The maximum atomic E-state index is 14.2. The molecule has 0 heterocycles. The summed E-state index contributed by atoms with van der Waals surface area (Å²) in [5.41, 5.74) is 0.828. The van der Waals surface area contributed by atoms with Crippen LogP contribution in [0.2, 0.25) is 0 Å². The predicted octanol–water partition coefficient (Wildman–Crippen LogP) is 14.1. The van der Waals surface area contributed by atoms with Crippen LogP contribution in [0.25, 0.3) is 0 Å². The van der Waals surface area contributed by atoms with Crippen LogP contribution >= 0.6 is 0 Å². The Hall–Kier alpha value is -4.04. The number of carbonyl (C=O) groups excluding carboxylic acids is 3. The summed E-state index contributed by atoms with van der Waals surface area (Å²) < 4.78 is 293. The molecule has 1 aromatic rings. The first-order valence-electron chi connectivity index (χ1n) is 21.2. The van der Waals surface area contributed by atoms with Crippen LogP contribution < -0.4 is 0 Å². The van der Waals surface area contributed by atoms with E-state index in [0.717, 1.165) is 0 Å². The zero-order chi connectivity index (χ0) is 56.8. The summed E-state index contributed by atoms with van der Waals surface area (Å²) in [5.74, 6) is -66.5. The molecule has 2 unspecified atom stereocenters. The van der Waals surface area contributed by atoms with Crippen molar-refractivity contribution in [1.29, 1.82) is 0 Å². The van der Waals surface area contributed by atoms with Crippen LogP contribution in [-0.4, -0.2) is 102 Å². The van der Waals surface area contributed by atoms with E-state index in [1.807, 2.05) is 41.5 Å². The average Bonchev–Trinajstić information content (AvgIpc) is 3.20. The minimum atomic E-state index is -7.93. The number of phenolic OH excluding ortho intramolecular Hbond substituents is 1. The summed E-state index contributed by atoms with van der Waals surface area (Å²) in [6.07, 6.45) is -14.3.